The molecule has 0 aliphatic carbocycles. The number of imide groups is 1. The molecule has 1 saturated heterocycles. The average molecular weight is 373 g/mol. The Morgan fingerprint density at radius 1 is 1.43 bits per heavy atom. The predicted octanol–water partition coefficient (Wildman–Crippen LogP) is 1.23. The summed E-state index contributed by atoms with van der Waals surface area (Å²) in [5, 5.41) is 8.15. The van der Waals surface area contributed by atoms with E-state index in [-0.39, 0.29) is 24.0 Å². The summed E-state index contributed by atoms with van der Waals surface area (Å²) in [6.07, 6.45) is 0.0614. The maximum absolute atomic E-state index is 12.3. The third-order valence-corrected chi connectivity index (χ3v) is 4.84. The SMILES string of the molecule is N[C@H](CS[C@H]1CC(=O)N(c2ccc(Br)cc2)C1=O)C(=O)O. The zero-order chi connectivity index (χ0) is 15.6. The van der Waals surface area contributed by atoms with Gasteiger partial charge in [-0.05, 0) is 24.3 Å². The van der Waals surface area contributed by atoms with Crippen LogP contribution < -0.4 is 10.6 Å². The molecule has 112 valence electrons. The summed E-state index contributed by atoms with van der Waals surface area (Å²) in [7, 11) is 0. The lowest BCUT2D eigenvalue weighted by atomic mass is 10.3. The number of hydrogen-bond donors (Lipinski definition) is 2. The molecule has 0 radical (unpaired) electrons. The van der Waals surface area contributed by atoms with Crippen molar-refractivity contribution in [3.63, 3.8) is 0 Å². The fourth-order valence-corrected chi connectivity index (χ4v) is 3.24. The van der Waals surface area contributed by atoms with Crippen LogP contribution in [0.2, 0.25) is 0 Å². The number of aliphatic carboxylic acids is 1. The maximum Gasteiger partial charge on any atom is 0.321 e. The Bertz CT molecular complexity index is 578. The van der Waals surface area contributed by atoms with Gasteiger partial charge in [0.05, 0.1) is 10.9 Å². The van der Waals surface area contributed by atoms with Gasteiger partial charge in [-0.3, -0.25) is 14.4 Å². The van der Waals surface area contributed by atoms with Crippen LogP contribution >= 0.6 is 27.7 Å². The van der Waals surface area contributed by atoms with Gasteiger partial charge in [0.15, 0.2) is 0 Å². The Morgan fingerprint density at radius 2 is 2.05 bits per heavy atom. The first-order valence-electron chi connectivity index (χ1n) is 6.12. The summed E-state index contributed by atoms with van der Waals surface area (Å²) >= 11 is 4.40. The highest BCUT2D eigenvalue weighted by atomic mass is 79.9. The first-order chi connectivity index (χ1) is 9.90. The van der Waals surface area contributed by atoms with E-state index in [4.69, 9.17) is 10.8 Å². The van der Waals surface area contributed by atoms with E-state index >= 15 is 0 Å². The molecule has 0 spiro atoms. The molecule has 0 aromatic heterocycles. The molecule has 1 fully saturated rings. The molecule has 1 aromatic carbocycles. The van der Waals surface area contributed by atoms with Gasteiger partial charge in [-0.1, -0.05) is 15.9 Å². The minimum Gasteiger partial charge on any atom is -0.480 e. The van der Waals surface area contributed by atoms with Crippen LogP contribution in [0, 0.1) is 0 Å². The molecule has 1 aliphatic heterocycles. The van der Waals surface area contributed by atoms with Crippen molar-refractivity contribution >= 4 is 51.2 Å². The van der Waals surface area contributed by atoms with E-state index in [1.165, 1.54) is 0 Å². The zero-order valence-electron chi connectivity index (χ0n) is 10.9. The van der Waals surface area contributed by atoms with Crippen molar-refractivity contribution in [3.8, 4) is 0 Å². The highest BCUT2D eigenvalue weighted by Crippen LogP contribution is 2.30. The maximum atomic E-state index is 12.3. The van der Waals surface area contributed by atoms with Gasteiger partial charge in [0.1, 0.15) is 6.04 Å². The lowest BCUT2D eigenvalue weighted by molar-refractivity contribution is -0.138. The van der Waals surface area contributed by atoms with E-state index in [9.17, 15) is 14.4 Å². The number of carboxylic acids is 1. The topological polar surface area (TPSA) is 101 Å². The van der Waals surface area contributed by atoms with Gasteiger partial charge in [0, 0.05) is 16.6 Å². The lowest BCUT2D eigenvalue weighted by Gasteiger charge is -2.15. The van der Waals surface area contributed by atoms with Crippen molar-refractivity contribution in [1.82, 2.24) is 0 Å². The molecule has 6 nitrogen and oxygen atoms in total. The second-order valence-electron chi connectivity index (χ2n) is 4.51. The number of anilines is 1. The summed E-state index contributed by atoms with van der Waals surface area (Å²) in [5.74, 6) is -1.65. The standard InChI is InChI=1S/C13H13BrN2O4S/c14-7-1-3-8(4-2-7)16-11(17)5-10(12(16)18)21-6-9(15)13(19)20/h1-4,9-10H,5-6,15H2,(H,19,20)/t9-,10+/m1/s1. The smallest absolute Gasteiger partial charge is 0.321 e. The van der Waals surface area contributed by atoms with E-state index in [0.29, 0.717) is 5.69 Å². The van der Waals surface area contributed by atoms with E-state index < -0.39 is 17.3 Å². The molecule has 8 heteroatoms. The van der Waals surface area contributed by atoms with Crippen molar-refractivity contribution in [2.45, 2.75) is 17.7 Å². The summed E-state index contributed by atoms with van der Waals surface area (Å²) in [6, 6.07) is 5.80. The van der Waals surface area contributed by atoms with Crippen LogP contribution in [0.3, 0.4) is 0 Å². The molecule has 21 heavy (non-hydrogen) atoms. The van der Waals surface area contributed by atoms with Gasteiger partial charge in [0.2, 0.25) is 11.8 Å². The zero-order valence-corrected chi connectivity index (χ0v) is 13.3. The van der Waals surface area contributed by atoms with Crippen molar-refractivity contribution in [2.75, 3.05) is 10.7 Å². The average Bonchev–Trinajstić information content (AvgIpc) is 2.72. The van der Waals surface area contributed by atoms with Gasteiger partial charge in [-0.15, -0.1) is 11.8 Å². The summed E-state index contributed by atoms with van der Waals surface area (Å²) in [4.78, 5) is 36.1. The van der Waals surface area contributed by atoms with Crippen molar-refractivity contribution < 1.29 is 19.5 Å². The molecule has 1 aliphatic rings. The minimum atomic E-state index is -1.12. The first kappa shape index (κ1) is 16.0. The Hall–Kier alpha value is -1.38. The van der Waals surface area contributed by atoms with Crippen LogP contribution in [0.5, 0.6) is 0 Å². The number of nitrogens with zero attached hydrogens (tertiary/aromatic N) is 1. The molecule has 0 unspecified atom stereocenters. The fraction of sp³-hybridized carbons (Fsp3) is 0.308. The monoisotopic (exact) mass is 372 g/mol. The van der Waals surface area contributed by atoms with Gasteiger partial charge in [0.25, 0.3) is 0 Å². The molecular weight excluding hydrogens is 360 g/mol. The number of amides is 2. The Morgan fingerprint density at radius 3 is 2.62 bits per heavy atom. The molecule has 1 aromatic rings. The number of carbonyl (C=O) groups is 3. The third-order valence-electron chi connectivity index (χ3n) is 2.98. The number of hydrogen-bond acceptors (Lipinski definition) is 5. The van der Waals surface area contributed by atoms with Crippen molar-refractivity contribution in [1.29, 1.82) is 0 Å². The van der Waals surface area contributed by atoms with Crippen LogP contribution in [0.1, 0.15) is 6.42 Å². The van der Waals surface area contributed by atoms with E-state index in [1.807, 2.05) is 0 Å². The van der Waals surface area contributed by atoms with Crippen LogP contribution in [0.4, 0.5) is 5.69 Å². The summed E-state index contributed by atoms with van der Waals surface area (Å²) in [6.45, 7) is 0. The molecule has 3 N–H and O–H groups in total. The largest absolute Gasteiger partial charge is 0.480 e. The molecular formula is C13H13BrN2O4S. The van der Waals surface area contributed by atoms with Gasteiger partial charge < -0.3 is 10.8 Å². The lowest BCUT2D eigenvalue weighted by Crippen LogP contribution is -2.35. The quantitative estimate of drug-likeness (QED) is 0.753. The number of rotatable bonds is 5. The molecule has 1 heterocycles. The number of thioether (sulfide) groups is 1. The minimum absolute atomic E-state index is 0.0614. The van der Waals surface area contributed by atoms with Crippen LogP contribution in [0.25, 0.3) is 0 Å². The van der Waals surface area contributed by atoms with Crippen molar-refractivity contribution in [3.05, 3.63) is 28.7 Å². The third kappa shape index (κ3) is 3.63. The molecule has 2 atom stereocenters. The Kier molecular flexibility index (Phi) is 5.02. The number of nitrogens with two attached hydrogens (primary N) is 1. The number of carbonyl (C=O) groups excluding carboxylic acids is 2. The highest BCUT2D eigenvalue weighted by molar-refractivity contribution is 9.10. The summed E-state index contributed by atoms with van der Waals surface area (Å²) < 4.78 is 0.851. The molecule has 2 rings (SSSR count). The normalized spacial score (nSPS) is 19.9. The predicted molar refractivity (Wildman–Crippen MR) is 83.1 cm³/mol. The molecule has 2 amide bonds. The second-order valence-corrected chi connectivity index (χ2v) is 6.67. The second kappa shape index (κ2) is 6.59. The fourth-order valence-electron chi connectivity index (χ4n) is 1.89. The van der Waals surface area contributed by atoms with Crippen LogP contribution in [-0.4, -0.2) is 39.9 Å². The highest BCUT2D eigenvalue weighted by Gasteiger charge is 2.40. The van der Waals surface area contributed by atoms with Gasteiger partial charge in [-0.25, -0.2) is 4.90 Å². The van der Waals surface area contributed by atoms with Crippen LogP contribution in [-0.2, 0) is 14.4 Å². The number of halogens is 1. The molecule has 0 saturated carbocycles. The summed E-state index contributed by atoms with van der Waals surface area (Å²) in [5.41, 5.74) is 5.91. The number of benzene rings is 1. The van der Waals surface area contributed by atoms with E-state index in [0.717, 1.165) is 21.1 Å². The van der Waals surface area contributed by atoms with Crippen molar-refractivity contribution in [2.24, 2.45) is 5.73 Å². The molecule has 0 bridgehead atoms. The first-order valence-corrected chi connectivity index (χ1v) is 7.96. The Balaban J connectivity index is 2.06. The van der Waals surface area contributed by atoms with Crippen LogP contribution in [0.15, 0.2) is 28.7 Å². The number of carboxylic acid groups (broad SMARTS) is 1. The van der Waals surface area contributed by atoms with E-state index in [1.54, 1.807) is 24.3 Å². The van der Waals surface area contributed by atoms with Gasteiger partial charge in [-0.2, -0.15) is 0 Å². The van der Waals surface area contributed by atoms with Gasteiger partial charge >= 0.3 is 5.97 Å². The Labute approximate surface area is 133 Å². The van der Waals surface area contributed by atoms with E-state index in [2.05, 4.69) is 15.9 Å².